The first kappa shape index (κ1) is 10.9. The molecule has 0 aliphatic heterocycles. The number of aromatic nitrogens is 3. The molecule has 1 atom stereocenters. The van der Waals surface area contributed by atoms with Gasteiger partial charge in [-0.05, 0) is 32.1 Å². The summed E-state index contributed by atoms with van der Waals surface area (Å²) in [7, 11) is 0. The van der Waals surface area contributed by atoms with Crippen molar-refractivity contribution >= 4 is 11.6 Å². The molecular formula is C11H18ClN3. The lowest BCUT2D eigenvalue weighted by Gasteiger charge is -2.32. The summed E-state index contributed by atoms with van der Waals surface area (Å²) < 4.78 is 2.08. The number of halogens is 1. The highest BCUT2D eigenvalue weighted by Crippen LogP contribution is 2.36. The lowest BCUT2D eigenvalue weighted by Crippen LogP contribution is -2.25. The number of hydrogen-bond donors (Lipinski definition) is 0. The molecule has 1 fully saturated rings. The van der Waals surface area contributed by atoms with Gasteiger partial charge in [0.05, 0.1) is 17.6 Å². The molecule has 1 aromatic rings. The fraction of sp³-hybridized carbons (Fsp3) is 0.818. The Balaban J connectivity index is 2.22. The molecule has 0 radical (unpaired) electrons. The third-order valence-electron chi connectivity index (χ3n) is 3.55. The van der Waals surface area contributed by atoms with Crippen molar-refractivity contribution in [1.29, 1.82) is 0 Å². The van der Waals surface area contributed by atoms with Crippen molar-refractivity contribution in [2.24, 2.45) is 5.92 Å². The van der Waals surface area contributed by atoms with Crippen molar-refractivity contribution in [1.82, 2.24) is 15.0 Å². The van der Waals surface area contributed by atoms with Gasteiger partial charge in [0.2, 0.25) is 0 Å². The normalized spacial score (nSPS) is 18.9. The molecule has 1 saturated carbocycles. The van der Waals surface area contributed by atoms with E-state index < -0.39 is 0 Å². The van der Waals surface area contributed by atoms with Gasteiger partial charge in [0, 0.05) is 0 Å². The molecule has 1 unspecified atom stereocenters. The van der Waals surface area contributed by atoms with Crippen molar-refractivity contribution in [3.8, 4) is 0 Å². The molecule has 4 heteroatoms. The van der Waals surface area contributed by atoms with Crippen molar-refractivity contribution in [3.63, 3.8) is 0 Å². The molecule has 0 bridgehead atoms. The quantitative estimate of drug-likeness (QED) is 0.741. The maximum absolute atomic E-state index is 5.84. The van der Waals surface area contributed by atoms with E-state index in [1.54, 1.807) is 0 Å². The van der Waals surface area contributed by atoms with E-state index in [4.69, 9.17) is 11.6 Å². The molecule has 1 aliphatic rings. The summed E-state index contributed by atoms with van der Waals surface area (Å²) in [5.41, 5.74) is 2.16. The van der Waals surface area contributed by atoms with E-state index in [2.05, 4.69) is 28.8 Å². The summed E-state index contributed by atoms with van der Waals surface area (Å²) in [6, 6.07) is 0.484. The predicted molar refractivity (Wildman–Crippen MR) is 61.0 cm³/mol. The van der Waals surface area contributed by atoms with Crippen LogP contribution in [0.25, 0.3) is 0 Å². The summed E-state index contributed by atoms with van der Waals surface area (Å²) in [5.74, 6) is 1.26. The molecule has 1 aliphatic carbocycles. The minimum Gasteiger partial charge on any atom is -0.246 e. The largest absolute Gasteiger partial charge is 0.246 e. The van der Waals surface area contributed by atoms with Gasteiger partial charge in [-0.1, -0.05) is 18.6 Å². The van der Waals surface area contributed by atoms with Gasteiger partial charge in [-0.25, -0.2) is 4.68 Å². The van der Waals surface area contributed by atoms with Crippen LogP contribution in [0.3, 0.4) is 0 Å². The van der Waals surface area contributed by atoms with E-state index >= 15 is 0 Å². The summed E-state index contributed by atoms with van der Waals surface area (Å²) in [5, 5.41) is 8.39. The van der Waals surface area contributed by atoms with Crippen molar-refractivity contribution in [2.45, 2.75) is 51.5 Å². The van der Waals surface area contributed by atoms with E-state index in [1.165, 1.54) is 25.0 Å². The van der Waals surface area contributed by atoms with Gasteiger partial charge < -0.3 is 0 Å². The Morgan fingerprint density at radius 2 is 2.27 bits per heavy atom. The average Bonchev–Trinajstić information content (AvgIpc) is 2.57. The highest BCUT2D eigenvalue weighted by atomic mass is 35.5. The molecular weight excluding hydrogens is 210 g/mol. The minimum atomic E-state index is 0.473. The van der Waals surface area contributed by atoms with Crippen LogP contribution in [0.15, 0.2) is 0 Å². The number of rotatable bonds is 4. The Morgan fingerprint density at radius 1 is 1.53 bits per heavy atom. The molecule has 1 aromatic heterocycles. The van der Waals surface area contributed by atoms with E-state index in [0.717, 1.165) is 18.0 Å². The molecule has 2 rings (SSSR count). The second kappa shape index (κ2) is 4.52. The monoisotopic (exact) mass is 227 g/mol. The predicted octanol–water partition coefficient (Wildman–Crippen LogP) is 2.94. The van der Waals surface area contributed by atoms with Crippen molar-refractivity contribution in [2.75, 3.05) is 0 Å². The fourth-order valence-electron chi connectivity index (χ4n) is 2.27. The summed E-state index contributed by atoms with van der Waals surface area (Å²) >= 11 is 5.84. The Hall–Kier alpha value is -0.570. The van der Waals surface area contributed by atoms with Gasteiger partial charge in [-0.15, -0.1) is 16.7 Å². The van der Waals surface area contributed by atoms with Crippen LogP contribution in [-0.4, -0.2) is 15.0 Å². The number of alkyl halides is 1. The Bertz CT molecular complexity index is 331. The second-order valence-corrected chi connectivity index (χ2v) is 4.61. The highest BCUT2D eigenvalue weighted by Gasteiger charge is 2.27. The zero-order chi connectivity index (χ0) is 10.8. The lowest BCUT2D eigenvalue weighted by molar-refractivity contribution is 0.205. The fourth-order valence-corrected chi connectivity index (χ4v) is 2.47. The zero-order valence-corrected chi connectivity index (χ0v) is 10.2. The molecule has 15 heavy (non-hydrogen) atoms. The van der Waals surface area contributed by atoms with Gasteiger partial charge in [-0.2, -0.15) is 0 Å². The molecule has 1 heterocycles. The standard InChI is InChI=1S/C11H18ClN3/c1-3-11-10(7-12)13-14-15(11)8(2)9-5-4-6-9/h8-9H,3-7H2,1-2H3. The topological polar surface area (TPSA) is 30.7 Å². The smallest absolute Gasteiger partial charge is 0.101 e. The molecule has 0 N–H and O–H groups in total. The zero-order valence-electron chi connectivity index (χ0n) is 9.41. The summed E-state index contributed by atoms with van der Waals surface area (Å²) in [6.07, 6.45) is 5.00. The van der Waals surface area contributed by atoms with Crippen LogP contribution in [0.4, 0.5) is 0 Å². The maximum atomic E-state index is 5.84. The minimum absolute atomic E-state index is 0.473. The molecule has 0 spiro atoms. The Kier molecular flexibility index (Phi) is 3.29. The molecule has 3 nitrogen and oxygen atoms in total. The van der Waals surface area contributed by atoms with E-state index in [1.807, 2.05) is 0 Å². The summed E-state index contributed by atoms with van der Waals surface area (Å²) in [4.78, 5) is 0. The van der Waals surface area contributed by atoms with Gasteiger partial charge >= 0.3 is 0 Å². The van der Waals surface area contributed by atoms with Gasteiger partial charge in [0.15, 0.2) is 0 Å². The lowest BCUT2D eigenvalue weighted by atomic mass is 9.80. The average molecular weight is 228 g/mol. The van der Waals surface area contributed by atoms with Gasteiger partial charge in [-0.3, -0.25) is 0 Å². The third kappa shape index (κ3) is 1.89. The molecule has 0 saturated heterocycles. The molecule has 0 amide bonds. The van der Waals surface area contributed by atoms with Gasteiger partial charge in [0.25, 0.3) is 0 Å². The van der Waals surface area contributed by atoms with Crippen LogP contribution in [-0.2, 0) is 12.3 Å². The van der Waals surface area contributed by atoms with E-state index in [0.29, 0.717) is 11.9 Å². The molecule has 0 aromatic carbocycles. The van der Waals surface area contributed by atoms with Gasteiger partial charge in [0.1, 0.15) is 5.69 Å². The first-order chi connectivity index (χ1) is 7.27. The van der Waals surface area contributed by atoms with E-state index in [9.17, 15) is 0 Å². The second-order valence-electron chi connectivity index (χ2n) is 4.35. The third-order valence-corrected chi connectivity index (χ3v) is 3.80. The molecule has 84 valence electrons. The van der Waals surface area contributed by atoms with Crippen LogP contribution >= 0.6 is 11.6 Å². The van der Waals surface area contributed by atoms with Crippen molar-refractivity contribution < 1.29 is 0 Å². The van der Waals surface area contributed by atoms with Crippen LogP contribution < -0.4 is 0 Å². The van der Waals surface area contributed by atoms with Crippen molar-refractivity contribution in [3.05, 3.63) is 11.4 Å². The Labute approximate surface area is 95.8 Å². The Morgan fingerprint density at radius 3 is 2.73 bits per heavy atom. The summed E-state index contributed by atoms with van der Waals surface area (Å²) in [6.45, 7) is 4.38. The number of hydrogen-bond acceptors (Lipinski definition) is 2. The van der Waals surface area contributed by atoms with Crippen LogP contribution in [0.5, 0.6) is 0 Å². The van der Waals surface area contributed by atoms with Crippen LogP contribution in [0.2, 0.25) is 0 Å². The highest BCUT2D eigenvalue weighted by molar-refractivity contribution is 6.16. The van der Waals surface area contributed by atoms with Crippen LogP contribution in [0, 0.1) is 5.92 Å². The number of nitrogens with zero attached hydrogens (tertiary/aromatic N) is 3. The van der Waals surface area contributed by atoms with Crippen LogP contribution in [0.1, 0.15) is 50.5 Å². The first-order valence-electron chi connectivity index (χ1n) is 5.76. The van der Waals surface area contributed by atoms with E-state index in [-0.39, 0.29) is 0 Å². The first-order valence-corrected chi connectivity index (χ1v) is 6.30. The maximum Gasteiger partial charge on any atom is 0.101 e. The SMILES string of the molecule is CCc1c(CCl)nnn1C(C)C1CCC1.